The van der Waals surface area contributed by atoms with E-state index in [9.17, 15) is 4.39 Å². The third-order valence-electron chi connectivity index (χ3n) is 2.65. The maximum atomic E-state index is 13.0. The second kappa shape index (κ2) is 6.39. The number of nitrogens with one attached hydrogen (secondary N) is 1. The largest absolute Gasteiger partial charge is 0.497 e. The number of ether oxygens (including phenoxy) is 1. The van der Waals surface area contributed by atoms with E-state index in [-0.39, 0.29) is 5.82 Å². The molecule has 2 aromatic carbocycles. The first-order valence-electron chi connectivity index (χ1n) is 5.61. The van der Waals surface area contributed by atoms with Crippen molar-refractivity contribution in [3.8, 4) is 5.75 Å². The first-order chi connectivity index (χ1) is 9.10. The fraction of sp³-hybridized carbons (Fsp3) is 0.143. The van der Waals surface area contributed by atoms with Crippen molar-refractivity contribution < 1.29 is 9.13 Å². The molecule has 5 heteroatoms. The third-order valence-corrected chi connectivity index (χ3v) is 4.08. The molecule has 0 aliphatic carbocycles. The van der Waals surface area contributed by atoms with Crippen LogP contribution in [0.25, 0.3) is 0 Å². The van der Waals surface area contributed by atoms with Crippen LogP contribution in [0.1, 0.15) is 5.56 Å². The molecule has 0 saturated carbocycles. The van der Waals surface area contributed by atoms with Gasteiger partial charge in [-0.25, -0.2) is 4.39 Å². The van der Waals surface area contributed by atoms with E-state index in [0.29, 0.717) is 11.0 Å². The van der Waals surface area contributed by atoms with E-state index in [1.54, 1.807) is 13.2 Å². The van der Waals surface area contributed by atoms with Gasteiger partial charge in [-0.2, -0.15) is 0 Å². The lowest BCUT2D eigenvalue weighted by atomic mass is 10.2. The van der Waals surface area contributed by atoms with E-state index >= 15 is 0 Å². The SMILES string of the molecule is COc1ccc(Br)c(CNc2ccc(F)cc2Br)c1. The van der Waals surface area contributed by atoms with E-state index in [1.165, 1.54) is 12.1 Å². The lowest BCUT2D eigenvalue weighted by molar-refractivity contribution is 0.414. The zero-order valence-electron chi connectivity index (χ0n) is 10.2. The Morgan fingerprint density at radius 1 is 1.11 bits per heavy atom. The number of hydrogen-bond acceptors (Lipinski definition) is 2. The molecule has 2 nitrogen and oxygen atoms in total. The highest BCUT2D eigenvalue weighted by molar-refractivity contribution is 9.10. The lowest BCUT2D eigenvalue weighted by Crippen LogP contribution is -2.01. The fourth-order valence-corrected chi connectivity index (χ4v) is 2.51. The molecule has 2 rings (SSSR count). The minimum atomic E-state index is -0.264. The van der Waals surface area contributed by atoms with Gasteiger partial charge in [0, 0.05) is 21.2 Å². The number of hydrogen-bond donors (Lipinski definition) is 1. The summed E-state index contributed by atoms with van der Waals surface area (Å²) in [5.74, 6) is 0.540. The molecule has 19 heavy (non-hydrogen) atoms. The Kier molecular flexibility index (Phi) is 4.82. The van der Waals surface area contributed by atoms with Gasteiger partial charge in [0.25, 0.3) is 0 Å². The molecule has 1 N–H and O–H groups in total. The Bertz CT molecular complexity index is 590. The van der Waals surface area contributed by atoms with Crippen molar-refractivity contribution in [3.63, 3.8) is 0 Å². The second-order valence-corrected chi connectivity index (χ2v) is 5.64. The van der Waals surface area contributed by atoms with E-state index in [0.717, 1.165) is 21.5 Å². The summed E-state index contributed by atoms with van der Waals surface area (Å²) in [4.78, 5) is 0. The molecular formula is C14H12Br2FNO. The summed E-state index contributed by atoms with van der Waals surface area (Å²) < 4.78 is 19.9. The van der Waals surface area contributed by atoms with Gasteiger partial charge in [-0.15, -0.1) is 0 Å². The van der Waals surface area contributed by atoms with Crippen molar-refractivity contribution in [1.29, 1.82) is 0 Å². The van der Waals surface area contributed by atoms with Crippen LogP contribution in [-0.2, 0) is 6.54 Å². The van der Waals surface area contributed by atoms with Gasteiger partial charge in [-0.3, -0.25) is 0 Å². The average Bonchev–Trinajstić information content (AvgIpc) is 2.39. The van der Waals surface area contributed by atoms with Crippen molar-refractivity contribution in [2.45, 2.75) is 6.54 Å². The molecule has 0 aliphatic heterocycles. The van der Waals surface area contributed by atoms with Gasteiger partial charge in [0.15, 0.2) is 0 Å². The van der Waals surface area contributed by atoms with E-state index < -0.39 is 0 Å². The van der Waals surface area contributed by atoms with Crippen LogP contribution in [0.4, 0.5) is 10.1 Å². The summed E-state index contributed by atoms with van der Waals surface area (Å²) in [5.41, 5.74) is 1.91. The normalized spacial score (nSPS) is 10.3. The molecule has 0 unspecified atom stereocenters. The van der Waals surface area contributed by atoms with Crippen LogP contribution in [0.5, 0.6) is 5.75 Å². The summed E-state index contributed by atoms with van der Waals surface area (Å²) >= 11 is 6.82. The van der Waals surface area contributed by atoms with Crippen LogP contribution >= 0.6 is 31.9 Å². The van der Waals surface area contributed by atoms with Crippen LogP contribution in [-0.4, -0.2) is 7.11 Å². The van der Waals surface area contributed by atoms with Crippen LogP contribution in [0.2, 0.25) is 0 Å². The topological polar surface area (TPSA) is 21.3 Å². The summed E-state index contributed by atoms with van der Waals surface area (Å²) in [6.07, 6.45) is 0. The van der Waals surface area contributed by atoms with E-state index in [4.69, 9.17) is 4.74 Å². The lowest BCUT2D eigenvalue weighted by Gasteiger charge is -2.11. The minimum absolute atomic E-state index is 0.264. The van der Waals surface area contributed by atoms with Gasteiger partial charge in [0.05, 0.1) is 7.11 Å². The third kappa shape index (κ3) is 3.70. The predicted molar refractivity (Wildman–Crippen MR) is 82.1 cm³/mol. The highest BCUT2D eigenvalue weighted by Gasteiger charge is 2.05. The molecule has 0 radical (unpaired) electrons. The minimum Gasteiger partial charge on any atom is -0.497 e. The van der Waals surface area contributed by atoms with Gasteiger partial charge < -0.3 is 10.1 Å². The molecule has 0 fully saturated rings. The molecule has 0 spiro atoms. The van der Waals surface area contributed by atoms with Gasteiger partial charge in [-0.1, -0.05) is 15.9 Å². The van der Waals surface area contributed by atoms with Crippen LogP contribution in [0.15, 0.2) is 45.3 Å². The first-order valence-corrected chi connectivity index (χ1v) is 7.20. The van der Waals surface area contributed by atoms with E-state index in [2.05, 4.69) is 37.2 Å². The Morgan fingerprint density at radius 2 is 1.89 bits per heavy atom. The van der Waals surface area contributed by atoms with Gasteiger partial charge in [-0.05, 0) is 57.9 Å². The Balaban J connectivity index is 2.14. The van der Waals surface area contributed by atoms with Crippen molar-refractivity contribution in [2.24, 2.45) is 0 Å². The fourth-order valence-electron chi connectivity index (χ4n) is 1.64. The number of anilines is 1. The standard InChI is InChI=1S/C14H12Br2FNO/c1-19-11-3-4-12(15)9(6-11)8-18-14-5-2-10(17)7-13(14)16/h2-7,18H,8H2,1H3. The molecule has 100 valence electrons. The van der Waals surface area contributed by atoms with Crippen LogP contribution < -0.4 is 10.1 Å². The molecule has 0 atom stereocenters. The molecular weight excluding hydrogens is 377 g/mol. The van der Waals surface area contributed by atoms with Gasteiger partial charge in [0.1, 0.15) is 11.6 Å². The zero-order valence-corrected chi connectivity index (χ0v) is 13.4. The molecule has 0 saturated heterocycles. The molecule has 0 aliphatic rings. The highest BCUT2D eigenvalue weighted by Crippen LogP contribution is 2.26. The second-order valence-electron chi connectivity index (χ2n) is 3.94. The molecule has 0 bridgehead atoms. The first kappa shape index (κ1) is 14.3. The maximum Gasteiger partial charge on any atom is 0.124 e. The van der Waals surface area contributed by atoms with Gasteiger partial charge in [0.2, 0.25) is 0 Å². The van der Waals surface area contributed by atoms with Crippen molar-refractivity contribution >= 4 is 37.5 Å². The Morgan fingerprint density at radius 3 is 2.58 bits per heavy atom. The summed E-state index contributed by atoms with van der Waals surface area (Å²) in [6.45, 7) is 0.613. The highest BCUT2D eigenvalue weighted by atomic mass is 79.9. The van der Waals surface area contributed by atoms with Crippen LogP contribution in [0, 0.1) is 5.82 Å². The quantitative estimate of drug-likeness (QED) is 0.798. The van der Waals surface area contributed by atoms with Crippen molar-refractivity contribution in [2.75, 3.05) is 12.4 Å². The molecule has 0 aromatic heterocycles. The predicted octanol–water partition coefficient (Wildman–Crippen LogP) is 4.97. The van der Waals surface area contributed by atoms with Crippen molar-refractivity contribution in [1.82, 2.24) is 0 Å². The summed E-state index contributed by atoms with van der Waals surface area (Å²) in [7, 11) is 1.64. The number of benzene rings is 2. The summed E-state index contributed by atoms with van der Waals surface area (Å²) in [6, 6.07) is 10.3. The molecule has 0 heterocycles. The zero-order chi connectivity index (χ0) is 13.8. The van der Waals surface area contributed by atoms with E-state index in [1.807, 2.05) is 18.2 Å². The van der Waals surface area contributed by atoms with Crippen molar-refractivity contribution in [3.05, 3.63) is 56.7 Å². The number of methoxy groups -OCH3 is 1. The average molecular weight is 389 g/mol. The number of rotatable bonds is 4. The summed E-state index contributed by atoms with van der Waals surface area (Å²) in [5, 5.41) is 3.25. The number of halogens is 3. The Hall–Kier alpha value is -1.07. The van der Waals surface area contributed by atoms with Gasteiger partial charge >= 0.3 is 0 Å². The molecule has 2 aromatic rings. The molecule has 0 amide bonds. The smallest absolute Gasteiger partial charge is 0.124 e. The Labute approximate surface area is 128 Å². The van der Waals surface area contributed by atoms with Crippen LogP contribution in [0.3, 0.4) is 0 Å². The maximum absolute atomic E-state index is 13.0. The monoisotopic (exact) mass is 387 g/mol.